The molecule has 0 aliphatic carbocycles. The van der Waals surface area contributed by atoms with Gasteiger partial charge in [-0.25, -0.2) is 0 Å². The van der Waals surface area contributed by atoms with Crippen LogP contribution in [0.2, 0.25) is 0 Å². The molecule has 3 N–H and O–H groups in total. The molecule has 1 rings (SSSR count). The fourth-order valence-electron chi connectivity index (χ4n) is 1.39. The first-order valence-corrected chi connectivity index (χ1v) is 5.26. The van der Waals surface area contributed by atoms with Gasteiger partial charge in [0.15, 0.2) is 0 Å². The van der Waals surface area contributed by atoms with Gasteiger partial charge in [-0.05, 0) is 25.1 Å². The Morgan fingerprint density at radius 3 is 2.94 bits per heavy atom. The topological polar surface area (TPSA) is 64.4 Å². The molecule has 4 nitrogen and oxygen atoms in total. The van der Waals surface area contributed by atoms with Gasteiger partial charge in [-0.15, -0.1) is 12.3 Å². The van der Waals surface area contributed by atoms with E-state index >= 15 is 0 Å². The second-order valence-electron chi connectivity index (χ2n) is 3.74. The van der Waals surface area contributed by atoms with E-state index in [0.29, 0.717) is 23.4 Å². The van der Waals surface area contributed by atoms with Crippen LogP contribution in [0.3, 0.4) is 0 Å². The highest BCUT2D eigenvalue weighted by atomic mass is 16.5. The van der Waals surface area contributed by atoms with Crippen LogP contribution in [0.4, 0.5) is 5.69 Å². The van der Waals surface area contributed by atoms with Crippen molar-refractivity contribution in [2.75, 3.05) is 12.8 Å². The van der Waals surface area contributed by atoms with Gasteiger partial charge in [-0.2, -0.15) is 0 Å². The quantitative estimate of drug-likeness (QED) is 0.609. The van der Waals surface area contributed by atoms with Crippen molar-refractivity contribution in [3.05, 3.63) is 23.8 Å². The van der Waals surface area contributed by atoms with Gasteiger partial charge < -0.3 is 15.8 Å². The zero-order chi connectivity index (χ0) is 12.8. The molecule has 4 heteroatoms. The van der Waals surface area contributed by atoms with Crippen LogP contribution in [-0.2, 0) is 0 Å². The van der Waals surface area contributed by atoms with Crippen LogP contribution in [-0.4, -0.2) is 19.1 Å². The Hall–Kier alpha value is -2.15. The van der Waals surface area contributed by atoms with Gasteiger partial charge >= 0.3 is 0 Å². The van der Waals surface area contributed by atoms with Crippen molar-refractivity contribution in [3.63, 3.8) is 0 Å². The Bertz CT molecular complexity index is 449. The van der Waals surface area contributed by atoms with Crippen molar-refractivity contribution in [2.24, 2.45) is 0 Å². The zero-order valence-electron chi connectivity index (χ0n) is 9.99. The van der Waals surface area contributed by atoms with Gasteiger partial charge in [0, 0.05) is 18.0 Å². The Balaban J connectivity index is 2.79. The molecule has 0 radical (unpaired) electrons. The lowest BCUT2D eigenvalue weighted by Crippen LogP contribution is -2.32. The number of carbonyl (C=O) groups is 1. The summed E-state index contributed by atoms with van der Waals surface area (Å²) in [4.78, 5) is 11.8. The Labute approximate surface area is 101 Å². The fraction of sp³-hybridized carbons (Fsp3) is 0.308. The summed E-state index contributed by atoms with van der Waals surface area (Å²) >= 11 is 0. The van der Waals surface area contributed by atoms with E-state index < -0.39 is 0 Å². The largest absolute Gasteiger partial charge is 0.495 e. The molecule has 0 saturated heterocycles. The third-order valence-electron chi connectivity index (χ3n) is 2.30. The summed E-state index contributed by atoms with van der Waals surface area (Å²) in [5.74, 6) is 2.80. The van der Waals surface area contributed by atoms with Crippen LogP contribution in [0, 0.1) is 12.3 Å². The molecular weight excluding hydrogens is 216 g/mol. The van der Waals surface area contributed by atoms with Crippen molar-refractivity contribution in [1.29, 1.82) is 0 Å². The summed E-state index contributed by atoms with van der Waals surface area (Å²) < 4.78 is 5.05. The van der Waals surface area contributed by atoms with Crippen LogP contribution >= 0.6 is 0 Å². The summed E-state index contributed by atoms with van der Waals surface area (Å²) in [5.41, 5.74) is 6.67. The number of carbonyl (C=O) groups excluding carboxylic acids is 1. The maximum atomic E-state index is 11.8. The summed E-state index contributed by atoms with van der Waals surface area (Å²) in [6.07, 6.45) is 5.67. The van der Waals surface area contributed by atoms with Gasteiger partial charge in [0.1, 0.15) is 5.75 Å². The predicted octanol–water partition coefficient (Wildman–Crippen LogP) is 1.42. The first-order chi connectivity index (χ1) is 8.08. The molecule has 0 saturated carbocycles. The highest BCUT2D eigenvalue weighted by Gasteiger charge is 2.11. The number of rotatable bonds is 4. The molecule has 0 bridgehead atoms. The minimum Gasteiger partial charge on any atom is -0.495 e. The lowest BCUT2D eigenvalue weighted by Gasteiger charge is -2.12. The highest BCUT2D eigenvalue weighted by molar-refractivity contribution is 5.95. The number of anilines is 1. The number of benzene rings is 1. The predicted molar refractivity (Wildman–Crippen MR) is 67.8 cm³/mol. The SMILES string of the molecule is C#CCC(C)NC(=O)c1ccc(N)c(OC)c1. The molecule has 0 heterocycles. The molecule has 1 unspecified atom stereocenters. The van der Waals surface area contributed by atoms with E-state index in [1.54, 1.807) is 18.2 Å². The van der Waals surface area contributed by atoms with Crippen molar-refractivity contribution < 1.29 is 9.53 Å². The lowest BCUT2D eigenvalue weighted by atomic mass is 10.1. The number of nitrogens with two attached hydrogens (primary N) is 1. The van der Waals surface area contributed by atoms with Gasteiger partial charge in [0.2, 0.25) is 0 Å². The van der Waals surface area contributed by atoms with E-state index in [4.69, 9.17) is 16.9 Å². The van der Waals surface area contributed by atoms with Crippen LogP contribution in [0.5, 0.6) is 5.75 Å². The van der Waals surface area contributed by atoms with E-state index in [1.165, 1.54) is 7.11 Å². The maximum absolute atomic E-state index is 11.8. The lowest BCUT2D eigenvalue weighted by molar-refractivity contribution is 0.0940. The first-order valence-electron chi connectivity index (χ1n) is 5.26. The molecule has 0 aromatic heterocycles. The van der Waals surface area contributed by atoms with Crippen LogP contribution in [0.1, 0.15) is 23.7 Å². The number of hydrogen-bond donors (Lipinski definition) is 2. The Kier molecular flexibility index (Phi) is 4.41. The van der Waals surface area contributed by atoms with E-state index in [9.17, 15) is 4.79 Å². The molecule has 1 aromatic rings. The molecule has 0 aliphatic heterocycles. The standard InChI is InChI=1S/C13H16N2O2/c1-4-5-9(2)15-13(16)10-6-7-11(14)12(8-10)17-3/h1,6-9H,5,14H2,2-3H3,(H,15,16). The van der Waals surface area contributed by atoms with Crippen molar-refractivity contribution in [1.82, 2.24) is 5.32 Å². The van der Waals surface area contributed by atoms with Crippen molar-refractivity contribution in [3.8, 4) is 18.1 Å². The van der Waals surface area contributed by atoms with Crippen molar-refractivity contribution in [2.45, 2.75) is 19.4 Å². The summed E-state index contributed by atoms with van der Waals surface area (Å²) in [5, 5.41) is 2.79. The monoisotopic (exact) mass is 232 g/mol. The molecule has 1 amide bonds. The molecule has 0 spiro atoms. The van der Waals surface area contributed by atoms with Gasteiger partial charge in [-0.3, -0.25) is 4.79 Å². The number of nitrogens with one attached hydrogen (secondary N) is 1. The molecule has 1 aromatic carbocycles. The number of methoxy groups -OCH3 is 1. The summed E-state index contributed by atoms with van der Waals surface area (Å²) in [6.45, 7) is 1.85. The van der Waals surface area contributed by atoms with Crippen LogP contribution in [0.15, 0.2) is 18.2 Å². The second kappa shape index (κ2) is 5.80. The molecule has 1 atom stereocenters. The minimum atomic E-state index is -0.189. The third-order valence-corrected chi connectivity index (χ3v) is 2.30. The number of terminal acetylenes is 1. The van der Waals surface area contributed by atoms with E-state index in [0.717, 1.165) is 0 Å². The van der Waals surface area contributed by atoms with Crippen LogP contribution in [0.25, 0.3) is 0 Å². The Morgan fingerprint density at radius 1 is 1.65 bits per heavy atom. The fourth-order valence-corrected chi connectivity index (χ4v) is 1.39. The first kappa shape index (κ1) is 12.9. The normalized spacial score (nSPS) is 11.4. The second-order valence-corrected chi connectivity index (χ2v) is 3.74. The van der Waals surface area contributed by atoms with E-state index in [2.05, 4.69) is 11.2 Å². The van der Waals surface area contributed by atoms with Gasteiger partial charge in [0.25, 0.3) is 5.91 Å². The average molecular weight is 232 g/mol. The minimum absolute atomic E-state index is 0.0592. The molecule has 0 aliphatic rings. The number of ether oxygens (including phenoxy) is 1. The summed E-state index contributed by atoms with van der Waals surface area (Å²) in [7, 11) is 1.51. The highest BCUT2D eigenvalue weighted by Crippen LogP contribution is 2.22. The van der Waals surface area contributed by atoms with Crippen LogP contribution < -0.4 is 15.8 Å². The maximum Gasteiger partial charge on any atom is 0.251 e. The van der Waals surface area contributed by atoms with E-state index in [-0.39, 0.29) is 11.9 Å². The molecule has 17 heavy (non-hydrogen) atoms. The molecule has 90 valence electrons. The number of hydrogen-bond acceptors (Lipinski definition) is 3. The van der Waals surface area contributed by atoms with Gasteiger partial charge in [-0.1, -0.05) is 0 Å². The average Bonchev–Trinajstić information content (AvgIpc) is 2.29. The van der Waals surface area contributed by atoms with E-state index in [1.807, 2.05) is 6.92 Å². The zero-order valence-corrected chi connectivity index (χ0v) is 9.99. The smallest absolute Gasteiger partial charge is 0.251 e. The Morgan fingerprint density at radius 2 is 2.35 bits per heavy atom. The van der Waals surface area contributed by atoms with Crippen molar-refractivity contribution >= 4 is 11.6 Å². The molecular formula is C13H16N2O2. The molecule has 0 fully saturated rings. The number of amides is 1. The summed E-state index contributed by atoms with van der Waals surface area (Å²) in [6, 6.07) is 4.83. The van der Waals surface area contributed by atoms with Gasteiger partial charge in [0.05, 0.1) is 12.8 Å². The third kappa shape index (κ3) is 3.42. The number of nitrogen functional groups attached to an aromatic ring is 1.